The van der Waals surface area contributed by atoms with Crippen molar-refractivity contribution >= 4 is 23.4 Å². The smallest absolute Gasteiger partial charge is 0.169 e. The molecule has 0 saturated carbocycles. The van der Waals surface area contributed by atoms with Crippen molar-refractivity contribution in [3.8, 4) is 17.2 Å². The molecule has 0 N–H and O–H groups in total. The number of hydrogen-bond acceptors (Lipinski definition) is 3. The summed E-state index contributed by atoms with van der Waals surface area (Å²) in [6.45, 7) is 0. The standard InChI is InChI=1S/C21H18ClO2S/c1-23-20-9-5-6-10-21(20)24-19-12-11-18(22)13-17(19)15-25-14-16-7-3-2-4-8-16/h2-5,7-13H,14-15H2,1H3. The summed E-state index contributed by atoms with van der Waals surface area (Å²) in [6.07, 6.45) is 0. The highest BCUT2D eigenvalue weighted by Gasteiger charge is 2.10. The van der Waals surface area contributed by atoms with Gasteiger partial charge in [-0.3, -0.25) is 0 Å². The van der Waals surface area contributed by atoms with Crippen LogP contribution in [0.3, 0.4) is 0 Å². The Morgan fingerprint density at radius 2 is 1.80 bits per heavy atom. The summed E-state index contributed by atoms with van der Waals surface area (Å²) in [6, 6.07) is 24.5. The van der Waals surface area contributed by atoms with E-state index in [-0.39, 0.29) is 0 Å². The third-order valence-corrected chi connectivity index (χ3v) is 4.91. The molecule has 127 valence electrons. The number of methoxy groups -OCH3 is 1. The highest BCUT2D eigenvalue weighted by Crippen LogP contribution is 2.35. The van der Waals surface area contributed by atoms with Crippen molar-refractivity contribution in [1.29, 1.82) is 0 Å². The number of benzene rings is 3. The first-order valence-corrected chi connectivity index (χ1v) is 9.41. The number of thioether (sulfide) groups is 1. The summed E-state index contributed by atoms with van der Waals surface area (Å²) >= 11 is 8.00. The molecular weight excluding hydrogens is 352 g/mol. The quantitative estimate of drug-likeness (QED) is 0.481. The van der Waals surface area contributed by atoms with E-state index in [0.29, 0.717) is 16.5 Å². The maximum atomic E-state index is 6.18. The molecule has 25 heavy (non-hydrogen) atoms. The lowest BCUT2D eigenvalue weighted by molar-refractivity contribution is 0.378. The van der Waals surface area contributed by atoms with Gasteiger partial charge in [-0.1, -0.05) is 48.0 Å². The molecule has 0 heterocycles. The molecule has 0 fully saturated rings. The fourth-order valence-corrected chi connectivity index (χ4v) is 3.55. The van der Waals surface area contributed by atoms with E-state index < -0.39 is 0 Å². The van der Waals surface area contributed by atoms with Crippen LogP contribution >= 0.6 is 23.4 Å². The van der Waals surface area contributed by atoms with Crippen LogP contribution in [0.15, 0.2) is 66.7 Å². The Balaban J connectivity index is 1.74. The van der Waals surface area contributed by atoms with Gasteiger partial charge in [0.2, 0.25) is 0 Å². The Hall–Kier alpha value is -2.10. The van der Waals surface area contributed by atoms with E-state index in [0.717, 1.165) is 22.8 Å². The van der Waals surface area contributed by atoms with Gasteiger partial charge in [-0.05, 0) is 42.0 Å². The first-order valence-electron chi connectivity index (χ1n) is 7.88. The van der Waals surface area contributed by atoms with Gasteiger partial charge in [0, 0.05) is 22.1 Å². The Bertz CT molecular complexity index is 821. The number of hydrogen-bond donors (Lipinski definition) is 0. The third-order valence-electron chi connectivity index (χ3n) is 3.62. The first-order chi connectivity index (χ1) is 12.3. The highest BCUT2D eigenvalue weighted by atomic mass is 35.5. The lowest BCUT2D eigenvalue weighted by Gasteiger charge is -2.14. The molecule has 0 aliphatic rings. The van der Waals surface area contributed by atoms with Crippen molar-refractivity contribution in [1.82, 2.24) is 0 Å². The largest absolute Gasteiger partial charge is 0.493 e. The van der Waals surface area contributed by atoms with Gasteiger partial charge in [0.1, 0.15) is 5.75 Å². The summed E-state index contributed by atoms with van der Waals surface area (Å²) in [5, 5.41) is 0.703. The van der Waals surface area contributed by atoms with Gasteiger partial charge in [-0.25, -0.2) is 0 Å². The third kappa shape index (κ3) is 4.94. The van der Waals surface area contributed by atoms with Gasteiger partial charge < -0.3 is 9.47 Å². The fourth-order valence-electron chi connectivity index (χ4n) is 2.38. The maximum Gasteiger partial charge on any atom is 0.169 e. The summed E-state index contributed by atoms with van der Waals surface area (Å²) in [7, 11) is 1.63. The Morgan fingerprint density at radius 3 is 2.60 bits per heavy atom. The first kappa shape index (κ1) is 17.7. The second-order valence-electron chi connectivity index (χ2n) is 5.41. The molecule has 0 aliphatic carbocycles. The lowest BCUT2D eigenvalue weighted by Crippen LogP contribution is -1.94. The highest BCUT2D eigenvalue weighted by molar-refractivity contribution is 7.97. The molecule has 0 bridgehead atoms. The minimum atomic E-state index is 0.640. The lowest BCUT2D eigenvalue weighted by atomic mass is 10.2. The maximum absolute atomic E-state index is 6.18. The minimum absolute atomic E-state index is 0.640. The van der Waals surface area contributed by atoms with Crippen LogP contribution in [-0.2, 0) is 11.5 Å². The van der Waals surface area contributed by atoms with E-state index >= 15 is 0 Å². The van der Waals surface area contributed by atoms with Crippen LogP contribution in [0.5, 0.6) is 17.2 Å². The average molecular weight is 370 g/mol. The molecule has 0 aliphatic heterocycles. The Labute approximate surface area is 157 Å². The van der Waals surface area contributed by atoms with Crippen LogP contribution in [0.2, 0.25) is 5.02 Å². The van der Waals surface area contributed by atoms with E-state index in [1.807, 2.05) is 42.1 Å². The molecule has 4 heteroatoms. The Morgan fingerprint density at radius 1 is 0.960 bits per heavy atom. The van der Waals surface area contributed by atoms with Crippen molar-refractivity contribution in [2.75, 3.05) is 7.11 Å². The van der Waals surface area contributed by atoms with E-state index in [2.05, 4.69) is 30.3 Å². The normalized spacial score (nSPS) is 10.5. The Kier molecular flexibility index (Phi) is 6.26. The van der Waals surface area contributed by atoms with Gasteiger partial charge in [-0.15, -0.1) is 0 Å². The number of rotatable bonds is 7. The minimum Gasteiger partial charge on any atom is -0.493 e. The van der Waals surface area contributed by atoms with Crippen molar-refractivity contribution in [3.63, 3.8) is 0 Å². The monoisotopic (exact) mass is 369 g/mol. The molecule has 3 rings (SSSR count). The van der Waals surface area contributed by atoms with Crippen LogP contribution in [0.4, 0.5) is 0 Å². The van der Waals surface area contributed by atoms with Crippen LogP contribution in [0.1, 0.15) is 11.1 Å². The topological polar surface area (TPSA) is 18.5 Å². The zero-order valence-electron chi connectivity index (χ0n) is 13.9. The van der Waals surface area contributed by atoms with Crippen molar-refractivity contribution in [3.05, 3.63) is 88.9 Å². The summed E-state index contributed by atoms with van der Waals surface area (Å²) in [5.41, 5.74) is 2.36. The summed E-state index contributed by atoms with van der Waals surface area (Å²) in [5.74, 6) is 3.85. The second kappa shape index (κ2) is 8.84. The molecule has 0 amide bonds. The van der Waals surface area contributed by atoms with Crippen LogP contribution in [-0.4, -0.2) is 7.11 Å². The number of halogens is 1. The predicted octanol–water partition coefficient (Wildman–Crippen LogP) is 6.37. The van der Waals surface area contributed by atoms with Gasteiger partial charge in [0.25, 0.3) is 0 Å². The molecule has 0 aromatic heterocycles. The second-order valence-corrected chi connectivity index (χ2v) is 6.83. The van der Waals surface area contributed by atoms with Crippen LogP contribution in [0, 0.1) is 6.07 Å². The van der Waals surface area contributed by atoms with Gasteiger partial charge in [-0.2, -0.15) is 11.8 Å². The molecule has 3 aromatic rings. The predicted molar refractivity (Wildman–Crippen MR) is 105 cm³/mol. The molecule has 0 saturated heterocycles. The van der Waals surface area contributed by atoms with Crippen LogP contribution in [0.25, 0.3) is 0 Å². The van der Waals surface area contributed by atoms with Crippen LogP contribution < -0.4 is 9.47 Å². The molecule has 2 nitrogen and oxygen atoms in total. The van der Waals surface area contributed by atoms with Crippen molar-refractivity contribution < 1.29 is 9.47 Å². The van der Waals surface area contributed by atoms with Crippen molar-refractivity contribution in [2.24, 2.45) is 0 Å². The van der Waals surface area contributed by atoms with E-state index in [9.17, 15) is 0 Å². The fraction of sp³-hybridized carbons (Fsp3) is 0.143. The molecule has 0 atom stereocenters. The van der Waals surface area contributed by atoms with Gasteiger partial charge in [0.15, 0.2) is 11.5 Å². The van der Waals surface area contributed by atoms with Gasteiger partial charge in [0.05, 0.1) is 7.11 Å². The SMILES string of the molecule is COc1cc[c]cc1Oc1ccc(Cl)cc1CSCc1ccccc1. The van der Waals surface area contributed by atoms with Crippen molar-refractivity contribution in [2.45, 2.75) is 11.5 Å². The number of ether oxygens (including phenoxy) is 2. The zero-order chi connectivity index (χ0) is 17.5. The molecule has 0 spiro atoms. The summed E-state index contributed by atoms with van der Waals surface area (Å²) < 4.78 is 11.4. The molecule has 0 unspecified atom stereocenters. The summed E-state index contributed by atoms with van der Waals surface area (Å²) in [4.78, 5) is 0. The molecular formula is C21H18ClO2S. The van der Waals surface area contributed by atoms with E-state index in [1.165, 1.54) is 5.56 Å². The average Bonchev–Trinajstić information content (AvgIpc) is 2.65. The zero-order valence-corrected chi connectivity index (χ0v) is 15.4. The van der Waals surface area contributed by atoms with Gasteiger partial charge >= 0.3 is 0 Å². The molecule has 3 aromatic carbocycles. The molecule has 1 radical (unpaired) electrons. The van der Waals surface area contributed by atoms with E-state index in [1.54, 1.807) is 19.2 Å². The van der Waals surface area contributed by atoms with E-state index in [4.69, 9.17) is 21.1 Å².